The van der Waals surface area contributed by atoms with Crippen molar-refractivity contribution in [1.82, 2.24) is 10.2 Å². The molecule has 0 aromatic heterocycles. The Morgan fingerprint density at radius 1 is 1.33 bits per heavy atom. The number of hydrogen-bond donors (Lipinski definition) is 1. The number of hydrogen-bond acceptors (Lipinski definition) is 3. The van der Waals surface area contributed by atoms with Crippen LogP contribution in [0, 0.1) is 13.8 Å². The zero-order valence-corrected chi connectivity index (χ0v) is 11.9. The van der Waals surface area contributed by atoms with Crippen molar-refractivity contribution in [3.05, 3.63) is 28.8 Å². The van der Waals surface area contributed by atoms with Crippen molar-refractivity contribution >= 4 is 0 Å². The average molecular weight is 248 g/mol. The number of benzene rings is 1. The predicted molar refractivity (Wildman–Crippen MR) is 75.2 cm³/mol. The number of nitrogens with zero attached hydrogens (tertiary/aromatic N) is 1. The summed E-state index contributed by atoms with van der Waals surface area (Å²) in [6, 6.07) is 5.05. The van der Waals surface area contributed by atoms with Gasteiger partial charge in [-0.1, -0.05) is 6.07 Å². The van der Waals surface area contributed by atoms with Gasteiger partial charge in [-0.2, -0.15) is 0 Å². The molecule has 1 aliphatic heterocycles. The third-order valence-electron chi connectivity index (χ3n) is 3.97. The molecule has 1 unspecified atom stereocenters. The minimum Gasteiger partial charge on any atom is -0.496 e. The number of ether oxygens (including phenoxy) is 1. The standard InChI is InChI=1S/C15H24N2O/c1-11-7-13(15(18-4)8-12(11)2)10-17(3)14-5-6-16-9-14/h7-8,14,16H,5-6,9-10H2,1-4H3. The fourth-order valence-corrected chi connectivity index (χ4v) is 2.58. The molecule has 1 aromatic carbocycles. The molecule has 1 aliphatic rings. The lowest BCUT2D eigenvalue weighted by molar-refractivity contribution is 0.245. The van der Waals surface area contributed by atoms with Gasteiger partial charge in [0.1, 0.15) is 5.75 Å². The second kappa shape index (κ2) is 5.72. The summed E-state index contributed by atoms with van der Waals surface area (Å²) in [6.07, 6.45) is 1.24. The number of methoxy groups -OCH3 is 1. The first-order valence-electron chi connectivity index (χ1n) is 6.67. The molecule has 18 heavy (non-hydrogen) atoms. The van der Waals surface area contributed by atoms with E-state index >= 15 is 0 Å². The molecule has 1 fully saturated rings. The van der Waals surface area contributed by atoms with E-state index in [1.165, 1.54) is 23.1 Å². The van der Waals surface area contributed by atoms with Crippen LogP contribution < -0.4 is 10.1 Å². The normalized spacial score (nSPS) is 19.5. The minimum atomic E-state index is 0.649. The van der Waals surface area contributed by atoms with E-state index < -0.39 is 0 Å². The smallest absolute Gasteiger partial charge is 0.123 e. The summed E-state index contributed by atoms with van der Waals surface area (Å²) in [4.78, 5) is 2.42. The zero-order chi connectivity index (χ0) is 13.1. The van der Waals surface area contributed by atoms with E-state index in [-0.39, 0.29) is 0 Å². The Balaban J connectivity index is 2.14. The first kappa shape index (κ1) is 13.4. The maximum Gasteiger partial charge on any atom is 0.123 e. The van der Waals surface area contributed by atoms with E-state index in [4.69, 9.17) is 4.74 Å². The number of likely N-dealkylation sites (N-methyl/N-ethyl adjacent to an activating group) is 1. The van der Waals surface area contributed by atoms with E-state index in [1.54, 1.807) is 7.11 Å². The van der Waals surface area contributed by atoms with Crippen LogP contribution in [0.5, 0.6) is 5.75 Å². The Labute approximate surface area is 110 Å². The van der Waals surface area contributed by atoms with E-state index in [0.717, 1.165) is 25.4 Å². The van der Waals surface area contributed by atoms with E-state index in [0.29, 0.717) is 6.04 Å². The van der Waals surface area contributed by atoms with Crippen LogP contribution in [0.3, 0.4) is 0 Å². The second-order valence-electron chi connectivity index (χ2n) is 5.31. The van der Waals surface area contributed by atoms with Crippen LogP contribution in [0.4, 0.5) is 0 Å². The lowest BCUT2D eigenvalue weighted by Crippen LogP contribution is -2.33. The Kier molecular flexibility index (Phi) is 4.25. The average Bonchev–Trinajstić information content (AvgIpc) is 2.87. The maximum atomic E-state index is 5.50. The summed E-state index contributed by atoms with van der Waals surface area (Å²) in [5, 5.41) is 3.42. The number of rotatable bonds is 4. The lowest BCUT2D eigenvalue weighted by Gasteiger charge is -2.24. The zero-order valence-electron chi connectivity index (χ0n) is 11.9. The van der Waals surface area contributed by atoms with Crippen LogP contribution in [0.2, 0.25) is 0 Å². The minimum absolute atomic E-state index is 0.649. The first-order valence-corrected chi connectivity index (χ1v) is 6.67. The predicted octanol–water partition coefficient (Wildman–Crippen LogP) is 2.11. The molecule has 1 aromatic rings. The van der Waals surface area contributed by atoms with Gasteiger partial charge in [0.05, 0.1) is 7.11 Å². The molecule has 3 nitrogen and oxygen atoms in total. The summed E-state index contributed by atoms with van der Waals surface area (Å²) in [5.41, 5.74) is 3.92. The van der Waals surface area contributed by atoms with Gasteiger partial charge in [-0.3, -0.25) is 4.90 Å². The van der Waals surface area contributed by atoms with Crippen molar-refractivity contribution in [2.45, 2.75) is 32.9 Å². The van der Waals surface area contributed by atoms with Crippen LogP contribution in [-0.4, -0.2) is 38.2 Å². The molecule has 0 spiro atoms. The van der Waals surface area contributed by atoms with Gasteiger partial charge in [0.25, 0.3) is 0 Å². The molecule has 1 heterocycles. The highest BCUT2D eigenvalue weighted by atomic mass is 16.5. The van der Waals surface area contributed by atoms with Crippen molar-refractivity contribution in [1.29, 1.82) is 0 Å². The van der Waals surface area contributed by atoms with Gasteiger partial charge >= 0.3 is 0 Å². The summed E-state index contributed by atoms with van der Waals surface area (Å²) >= 11 is 0. The van der Waals surface area contributed by atoms with Gasteiger partial charge in [-0.15, -0.1) is 0 Å². The highest BCUT2D eigenvalue weighted by Crippen LogP contribution is 2.25. The Hall–Kier alpha value is -1.06. The van der Waals surface area contributed by atoms with Crippen LogP contribution in [0.15, 0.2) is 12.1 Å². The highest BCUT2D eigenvalue weighted by Gasteiger charge is 2.20. The lowest BCUT2D eigenvalue weighted by atomic mass is 10.0. The molecule has 0 amide bonds. The van der Waals surface area contributed by atoms with Crippen LogP contribution >= 0.6 is 0 Å². The molecule has 1 N–H and O–H groups in total. The molecule has 0 aliphatic carbocycles. The molecule has 0 radical (unpaired) electrons. The van der Waals surface area contributed by atoms with Crippen molar-refractivity contribution < 1.29 is 4.74 Å². The molecular weight excluding hydrogens is 224 g/mol. The van der Waals surface area contributed by atoms with Gasteiger partial charge in [0, 0.05) is 24.7 Å². The Bertz CT molecular complexity index is 411. The molecule has 100 valence electrons. The topological polar surface area (TPSA) is 24.5 Å². The summed E-state index contributed by atoms with van der Waals surface area (Å²) in [6.45, 7) is 7.49. The fraction of sp³-hybridized carbons (Fsp3) is 0.600. The molecule has 1 atom stereocenters. The third kappa shape index (κ3) is 2.85. The Morgan fingerprint density at radius 2 is 2.06 bits per heavy atom. The largest absolute Gasteiger partial charge is 0.496 e. The molecular formula is C15H24N2O. The molecule has 2 rings (SSSR count). The monoisotopic (exact) mass is 248 g/mol. The summed E-state index contributed by atoms with van der Waals surface area (Å²) in [7, 11) is 3.96. The molecule has 1 saturated heterocycles. The fourth-order valence-electron chi connectivity index (χ4n) is 2.58. The summed E-state index contributed by atoms with van der Waals surface area (Å²) < 4.78 is 5.50. The van der Waals surface area contributed by atoms with Gasteiger partial charge in [-0.25, -0.2) is 0 Å². The van der Waals surface area contributed by atoms with Gasteiger partial charge in [-0.05, 0) is 51.1 Å². The van der Waals surface area contributed by atoms with Crippen molar-refractivity contribution in [3.8, 4) is 5.75 Å². The third-order valence-corrected chi connectivity index (χ3v) is 3.97. The maximum absolute atomic E-state index is 5.50. The number of nitrogens with one attached hydrogen (secondary N) is 1. The second-order valence-corrected chi connectivity index (χ2v) is 5.31. The van der Waals surface area contributed by atoms with Gasteiger partial charge in [0.2, 0.25) is 0 Å². The van der Waals surface area contributed by atoms with E-state index in [2.05, 4.69) is 43.2 Å². The van der Waals surface area contributed by atoms with E-state index in [1.807, 2.05) is 0 Å². The van der Waals surface area contributed by atoms with E-state index in [9.17, 15) is 0 Å². The van der Waals surface area contributed by atoms with Crippen molar-refractivity contribution in [2.24, 2.45) is 0 Å². The van der Waals surface area contributed by atoms with Crippen molar-refractivity contribution in [2.75, 3.05) is 27.2 Å². The summed E-state index contributed by atoms with van der Waals surface area (Å²) in [5.74, 6) is 1.01. The van der Waals surface area contributed by atoms with Gasteiger partial charge < -0.3 is 10.1 Å². The number of aryl methyl sites for hydroxylation is 2. The van der Waals surface area contributed by atoms with Crippen molar-refractivity contribution in [3.63, 3.8) is 0 Å². The Morgan fingerprint density at radius 3 is 2.67 bits per heavy atom. The van der Waals surface area contributed by atoms with Gasteiger partial charge in [0.15, 0.2) is 0 Å². The molecule has 0 saturated carbocycles. The molecule has 3 heteroatoms. The SMILES string of the molecule is COc1cc(C)c(C)cc1CN(C)C1CCNC1. The first-order chi connectivity index (χ1) is 8.61. The van der Waals surface area contributed by atoms with Crippen LogP contribution in [0.25, 0.3) is 0 Å². The quantitative estimate of drug-likeness (QED) is 0.883. The van der Waals surface area contributed by atoms with Crippen LogP contribution in [-0.2, 0) is 6.54 Å². The van der Waals surface area contributed by atoms with Crippen LogP contribution in [0.1, 0.15) is 23.1 Å². The molecule has 0 bridgehead atoms. The highest BCUT2D eigenvalue weighted by molar-refractivity contribution is 5.41.